The van der Waals surface area contributed by atoms with Crippen LogP contribution in [0.5, 0.6) is 0 Å². The third-order valence-electron chi connectivity index (χ3n) is 4.56. The first-order chi connectivity index (χ1) is 12.5. The van der Waals surface area contributed by atoms with Crippen LogP contribution in [0.15, 0.2) is 41.0 Å². The Bertz CT molecular complexity index is 769. The zero-order valence-corrected chi connectivity index (χ0v) is 14.2. The zero-order valence-electron chi connectivity index (χ0n) is 14.2. The van der Waals surface area contributed by atoms with Crippen LogP contribution in [0.2, 0.25) is 0 Å². The number of benzene rings is 1. The van der Waals surface area contributed by atoms with Gasteiger partial charge in [0.15, 0.2) is 5.78 Å². The second-order valence-corrected chi connectivity index (χ2v) is 6.39. The van der Waals surface area contributed by atoms with Crippen molar-refractivity contribution in [2.45, 2.75) is 19.4 Å². The SMILES string of the molecule is O=C(CN1CCC(C(=O)c2cc(F)ccc2F)CC1)NCc1ccco1. The summed E-state index contributed by atoms with van der Waals surface area (Å²) in [6.07, 6.45) is 2.57. The average molecular weight is 362 g/mol. The molecule has 26 heavy (non-hydrogen) atoms. The Morgan fingerprint density at radius 2 is 1.96 bits per heavy atom. The lowest BCUT2D eigenvalue weighted by Gasteiger charge is -2.30. The summed E-state index contributed by atoms with van der Waals surface area (Å²) in [5.41, 5.74) is -0.195. The number of nitrogens with one attached hydrogen (secondary N) is 1. The summed E-state index contributed by atoms with van der Waals surface area (Å²) in [4.78, 5) is 26.3. The highest BCUT2D eigenvalue weighted by Gasteiger charge is 2.28. The van der Waals surface area contributed by atoms with Gasteiger partial charge in [0.25, 0.3) is 0 Å². The van der Waals surface area contributed by atoms with Gasteiger partial charge in [0.2, 0.25) is 5.91 Å². The molecule has 0 unspecified atom stereocenters. The third-order valence-corrected chi connectivity index (χ3v) is 4.56. The van der Waals surface area contributed by atoms with Gasteiger partial charge in [-0.05, 0) is 56.3 Å². The third kappa shape index (κ3) is 4.54. The summed E-state index contributed by atoms with van der Waals surface area (Å²) >= 11 is 0. The largest absolute Gasteiger partial charge is 0.467 e. The van der Waals surface area contributed by atoms with Gasteiger partial charge in [-0.15, -0.1) is 0 Å². The fraction of sp³-hybridized carbons (Fsp3) is 0.368. The van der Waals surface area contributed by atoms with Gasteiger partial charge in [-0.2, -0.15) is 0 Å². The Morgan fingerprint density at radius 1 is 1.19 bits per heavy atom. The molecule has 1 saturated heterocycles. The van der Waals surface area contributed by atoms with Gasteiger partial charge in [-0.25, -0.2) is 8.78 Å². The van der Waals surface area contributed by atoms with Gasteiger partial charge >= 0.3 is 0 Å². The van der Waals surface area contributed by atoms with Gasteiger partial charge in [0, 0.05) is 5.92 Å². The highest BCUT2D eigenvalue weighted by Crippen LogP contribution is 2.23. The molecule has 2 heterocycles. The van der Waals surface area contributed by atoms with E-state index in [0.717, 1.165) is 18.2 Å². The van der Waals surface area contributed by atoms with E-state index in [1.165, 1.54) is 0 Å². The molecule has 7 heteroatoms. The Hall–Kier alpha value is -2.54. The summed E-state index contributed by atoms with van der Waals surface area (Å²) in [6, 6.07) is 6.46. The maximum absolute atomic E-state index is 13.8. The second-order valence-electron chi connectivity index (χ2n) is 6.39. The number of rotatable bonds is 6. The van der Waals surface area contributed by atoms with Crippen LogP contribution in [0.4, 0.5) is 8.78 Å². The van der Waals surface area contributed by atoms with E-state index in [9.17, 15) is 18.4 Å². The standard InChI is InChI=1S/C19H20F2N2O3/c20-14-3-4-17(21)16(10-14)19(25)13-5-7-23(8-6-13)12-18(24)22-11-15-2-1-9-26-15/h1-4,9-10,13H,5-8,11-12H2,(H,22,24). The first kappa shape index (κ1) is 18.3. The summed E-state index contributed by atoms with van der Waals surface area (Å²) in [5.74, 6) is -1.49. The van der Waals surface area contributed by atoms with Crippen LogP contribution in [0.1, 0.15) is 29.0 Å². The number of piperidine rings is 1. The number of Topliss-reactive ketones (excluding diaryl/α,β-unsaturated/α-hetero) is 1. The molecular weight excluding hydrogens is 342 g/mol. The van der Waals surface area contributed by atoms with E-state index in [2.05, 4.69) is 5.32 Å². The van der Waals surface area contributed by atoms with Crippen LogP contribution >= 0.6 is 0 Å². The molecule has 5 nitrogen and oxygen atoms in total. The Kier molecular flexibility index (Phi) is 5.78. The number of carbonyl (C=O) groups is 2. The number of likely N-dealkylation sites (tertiary alicyclic amines) is 1. The van der Waals surface area contributed by atoms with Crippen LogP contribution in [0, 0.1) is 17.6 Å². The van der Waals surface area contributed by atoms with Gasteiger partial charge in [0.1, 0.15) is 17.4 Å². The molecule has 0 spiro atoms. The van der Waals surface area contributed by atoms with E-state index < -0.39 is 11.6 Å². The lowest BCUT2D eigenvalue weighted by atomic mass is 9.88. The molecule has 0 radical (unpaired) electrons. The van der Waals surface area contributed by atoms with Crippen LogP contribution in [0.3, 0.4) is 0 Å². The van der Waals surface area contributed by atoms with Crippen molar-refractivity contribution in [1.82, 2.24) is 10.2 Å². The molecule has 1 aromatic carbocycles. The first-order valence-corrected chi connectivity index (χ1v) is 8.53. The molecule has 1 amide bonds. The molecule has 0 aliphatic carbocycles. The van der Waals surface area contributed by atoms with E-state index in [4.69, 9.17) is 4.42 Å². The van der Waals surface area contributed by atoms with Crippen LogP contribution in [0.25, 0.3) is 0 Å². The minimum Gasteiger partial charge on any atom is -0.467 e. The molecule has 1 aliphatic heterocycles. The smallest absolute Gasteiger partial charge is 0.234 e. The number of carbonyl (C=O) groups excluding carboxylic acids is 2. The summed E-state index contributed by atoms with van der Waals surface area (Å²) < 4.78 is 32.2. The van der Waals surface area contributed by atoms with E-state index in [1.54, 1.807) is 18.4 Å². The number of halogens is 2. The molecule has 2 aromatic rings. The van der Waals surface area contributed by atoms with E-state index in [0.29, 0.717) is 38.2 Å². The van der Waals surface area contributed by atoms with Gasteiger partial charge < -0.3 is 9.73 Å². The van der Waals surface area contributed by atoms with Gasteiger partial charge in [-0.3, -0.25) is 14.5 Å². The number of furan rings is 1. The number of amides is 1. The van der Waals surface area contributed by atoms with Crippen molar-refractivity contribution < 1.29 is 22.8 Å². The number of nitrogens with zero attached hydrogens (tertiary/aromatic N) is 1. The minimum atomic E-state index is -0.698. The van der Waals surface area contributed by atoms with E-state index in [1.807, 2.05) is 4.90 Å². The van der Waals surface area contributed by atoms with Crippen LogP contribution in [-0.4, -0.2) is 36.2 Å². The molecule has 0 atom stereocenters. The van der Waals surface area contributed by atoms with Crippen molar-refractivity contribution in [3.8, 4) is 0 Å². The van der Waals surface area contributed by atoms with Crippen molar-refractivity contribution in [3.63, 3.8) is 0 Å². The van der Waals surface area contributed by atoms with Crippen LogP contribution < -0.4 is 5.32 Å². The molecule has 138 valence electrons. The molecule has 0 bridgehead atoms. The van der Waals surface area contributed by atoms with Gasteiger partial charge in [-0.1, -0.05) is 0 Å². The fourth-order valence-electron chi connectivity index (χ4n) is 3.12. The lowest BCUT2D eigenvalue weighted by molar-refractivity contribution is -0.122. The summed E-state index contributed by atoms with van der Waals surface area (Å²) in [7, 11) is 0. The summed E-state index contributed by atoms with van der Waals surface area (Å²) in [5, 5.41) is 2.77. The fourth-order valence-corrected chi connectivity index (χ4v) is 3.12. The Morgan fingerprint density at radius 3 is 2.65 bits per heavy atom. The molecule has 1 fully saturated rings. The Balaban J connectivity index is 1.47. The quantitative estimate of drug-likeness (QED) is 0.803. The van der Waals surface area contributed by atoms with Crippen molar-refractivity contribution in [3.05, 3.63) is 59.6 Å². The van der Waals surface area contributed by atoms with E-state index in [-0.39, 0.29) is 29.7 Å². The topological polar surface area (TPSA) is 62.6 Å². The maximum atomic E-state index is 13.8. The molecule has 3 rings (SSSR count). The highest BCUT2D eigenvalue weighted by atomic mass is 19.1. The lowest BCUT2D eigenvalue weighted by Crippen LogP contribution is -2.42. The van der Waals surface area contributed by atoms with Gasteiger partial charge in [0.05, 0.1) is 24.9 Å². The number of hydrogen-bond donors (Lipinski definition) is 1. The van der Waals surface area contributed by atoms with Crippen molar-refractivity contribution in [2.24, 2.45) is 5.92 Å². The zero-order chi connectivity index (χ0) is 18.5. The van der Waals surface area contributed by atoms with Crippen molar-refractivity contribution >= 4 is 11.7 Å². The minimum absolute atomic E-state index is 0.123. The number of hydrogen-bond acceptors (Lipinski definition) is 4. The van der Waals surface area contributed by atoms with Crippen LogP contribution in [-0.2, 0) is 11.3 Å². The predicted octanol–water partition coefficient (Wildman–Crippen LogP) is 2.77. The molecule has 0 saturated carbocycles. The number of ketones is 1. The molecule has 1 aromatic heterocycles. The normalized spacial score (nSPS) is 15.8. The van der Waals surface area contributed by atoms with E-state index >= 15 is 0 Å². The van der Waals surface area contributed by atoms with Crippen molar-refractivity contribution in [2.75, 3.05) is 19.6 Å². The molecule has 1 aliphatic rings. The Labute approximate surface area is 150 Å². The summed E-state index contributed by atoms with van der Waals surface area (Å²) in [6.45, 7) is 1.68. The highest BCUT2D eigenvalue weighted by molar-refractivity contribution is 5.98. The predicted molar refractivity (Wildman–Crippen MR) is 90.4 cm³/mol. The maximum Gasteiger partial charge on any atom is 0.234 e. The molecular formula is C19H20F2N2O3. The second kappa shape index (κ2) is 8.23. The average Bonchev–Trinajstić information content (AvgIpc) is 3.16. The first-order valence-electron chi connectivity index (χ1n) is 8.53. The monoisotopic (exact) mass is 362 g/mol. The molecule has 1 N–H and O–H groups in total. The van der Waals surface area contributed by atoms with Crippen molar-refractivity contribution in [1.29, 1.82) is 0 Å².